The maximum atomic E-state index is 12.0. The Morgan fingerprint density at radius 2 is 2.13 bits per heavy atom. The van der Waals surface area contributed by atoms with Gasteiger partial charge in [-0.1, -0.05) is 6.92 Å². The molecule has 1 saturated heterocycles. The van der Waals surface area contributed by atoms with Gasteiger partial charge in [-0.05, 0) is 25.9 Å². The molecule has 1 heterocycles. The molecule has 4 heteroatoms. The third kappa shape index (κ3) is 2.92. The first-order valence-corrected chi connectivity index (χ1v) is 5.54. The van der Waals surface area contributed by atoms with Crippen molar-refractivity contribution in [3.63, 3.8) is 0 Å². The van der Waals surface area contributed by atoms with Crippen molar-refractivity contribution in [2.45, 2.75) is 19.9 Å². The number of rotatable bonds is 5. The van der Waals surface area contributed by atoms with E-state index in [0.29, 0.717) is 12.5 Å². The SMILES string of the molecule is COCC(C)N(C)C(=O)C(C)C1CNC1. The van der Waals surface area contributed by atoms with Crippen molar-refractivity contribution in [1.82, 2.24) is 10.2 Å². The largest absolute Gasteiger partial charge is 0.383 e. The molecule has 0 saturated carbocycles. The lowest BCUT2D eigenvalue weighted by molar-refractivity contribution is -0.138. The molecule has 1 N–H and O–H groups in total. The van der Waals surface area contributed by atoms with Crippen LogP contribution in [0.15, 0.2) is 0 Å². The molecule has 1 aliphatic heterocycles. The van der Waals surface area contributed by atoms with Gasteiger partial charge in [-0.15, -0.1) is 0 Å². The molecule has 15 heavy (non-hydrogen) atoms. The zero-order valence-electron chi connectivity index (χ0n) is 10.1. The topological polar surface area (TPSA) is 41.6 Å². The quantitative estimate of drug-likeness (QED) is 0.717. The van der Waals surface area contributed by atoms with Crippen molar-refractivity contribution < 1.29 is 9.53 Å². The maximum Gasteiger partial charge on any atom is 0.225 e. The molecule has 1 amide bonds. The number of ether oxygens (including phenoxy) is 1. The Labute approximate surface area is 92.0 Å². The molecule has 0 spiro atoms. The molecule has 0 radical (unpaired) electrons. The summed E-state index contributed by atoms with van der Waals surface area (Å²) >= 11 is 0. The molecule has 0 aromatic rings. The van der Waals surface area contributed by atoms with Crippen molar-refractivity contribution in [1.29, 1.82) is 0 Å². The molecule has 0 aromatic carbocycles. The highest BCUT2D eigenvalue weighted by molar-refractivity contribution is 5.79. The highest BCUT2D eigenvalue weighted by Gasteiger charge is 2.31. The second-order valence-corrected chi connectivity index (χ2v) is 4.46. The normalized spacial score (nSPS) is 20.5. The van der Waals surface area contributed by atoms with Gasteiger partial charge < -0.3 is 15.0 Å². The number of carbonyl (C=O) groups excluding carboxylic acids is 1. The van der Waals surface area contributed by atoms with E-state index < -0.39 is 0 Å². The Kier molecular flexibility index (Phi) is 4.54. The Morgan fingerprint density at radius 3 is 2.53 bits per heavy atom. The zero-order valence-corrected chi connectivity index (χ0v) is 10.1. The van der Waals surface area contributed by atoms with Crippen LogP contribution in [0.4, 0.5) is 0 Å². The lowest BCUT2D eigenvalue weighted by Gasteiger charge is -2.35. The summed E-state index contributed by atoms with van der Waals surface area (Å²) in [6.45, 7) is 6.56. The van der Waals surface area contributed by atoms with Gasteiger partial charge in [-0.25, -0.2) is 0 Å². The van der Waals surface area contributed by atoms with E-state index in [9.17, 15) is 4.79 Å². The monoisotopic (exact) mass is 214 g/mol. The first-order valence-electron chi connectivity index (χ1n) is 5.54. The average Bonchev–Trinajstić information content (AvgIpc) is 2.13. The van der Waals surface area contributed by atoms with Gasteiger partial charge in [0, 0.05) is 20.1 Å². The molecule has 1 rings (SSSR count). The van der Waals surface area contributed by atoms with Crippen LogP contribution in [-0.2, 0) is 9.53 Å². The van der Waals surface area contributed by atoms with Crippen LogP contribution in [0.3, 0.4) is 0 Å². The summed E-state index contributed by atoms with van der Waals surface area (Å²) in [5.41, 5.74) is 0. The van der Waals surface area contributed by atoms with Gasteiger partial charge in [0.15, 0.2) is 0 Å². The van der Waals surface area contributed by atoms with E-state index >= 15 is 0 Å². The molecule has 2 unspecified atom stereocenters. The summed E-state index contributed by atoms with van der Waals surface area (Å²) in [6.07, 6.45) is 0. The van der Waals surface area contributed by atoms with E-state index in [1.165, 1.54) is 0 Å². The van der Waals surface area contributed by atoms with Crippen LogP contribution in [0.1, 0.15) is 13.8 Å². The number of hydrogen-bond acceptors (Lipinski definition) is 3. The summed E-state index contributed by atoms with van der Waals surface area (Å²) in [4.78, 5) is 13.8. The van der Waals surface area contributed by atoms with Crippen LogP contribution in [0, 0.1) is 11.8 Å². The fourth-order valence-electron chi connectivity index (χ4n) is 1.76. The third-order valence-electron chi connectivity index (χ3n) is 3.33. The molecule has 1 aliphatic rings. The number of nitrogens with zero attached hydrogens (tertiary/aromatic N) is 1. The van der Waals surface area contributed by atoms with E-state index in [-0.39, 0.29) is 17.9 Å². The summed E-state index contributed by atoms with van der Waals surface area (Å²) in [5, 5.41) is 3.19. The fraction of sp³-hybridized carbons (Fsp3) is 0.909. The van der Waals surface area contributed by atoms with Crippen molar-refractivity contribution in [3.05, 3.63) is 0 Å². The van der Waals surface area contributed by atoms with Gasteiger partial charge in [0.2, 0.25) is 5.91 Å². The molecular weight excluding hydrogens is 192 g/mol. The standard InChI is InChI=1S/C11H22N2O2/c1-8(7-15-4)13(3)11(14)9(2)10-5-12-6-10/h8-10,12H,5-7H2,1-4H3. The maximum absolute atomic E-state index is 12.0. The van der Waals surface area contributed by atoms with Crippen molar-refractivity contribution in [3.8, 4) is 0 Å². The minimum absolute atomic E-state index is 0.121. The molecule has 0 bridgehead atoms. The molecular formula is C11H22N2O2. The number of methoxy groups -OCH3 is 1. The van der Waals surface area contributed by atoms with Crippen molar-refractivity contribution in [2.75, 3.05) is 33.9 Å². The fourth-order valence-corrected chi connectivity index (χ4v) is 1.76. The van der Waals surface area contributed by atoms with Crippen LogP contribution in [-0.4, -0.2) is 50.7 Å². The first-order chi connectivity index (χ1) is 7.07. The predicted octanol–water partition coefficient (Wildman–Crippen LogP) is 0.335. The smallest absolute Gasteiger partial charge is 0.225 e. The second kappa shape index (κ2) is 5.47. The van der Waals surface area contributed by atoms with Crippen LogP contribution < -0.4 is 5.32 Å². The van der Waals surface area contributed by atoms with Crippen LogP contribution in [0.25, 0.3) is 0 Å². The highest BCUT2D eigenvalue weighted by Crippen LogP contribution is 2.18. The number of hydrogen-bond donors (Lipinski definition) is 1. The van der Waals surface area contributed by atoms with Crippen LogP contribution in [0.2, 0.25) is 0 Å². The third-order valence-corrected chi connectivity index (χ3v) is 3.33. The van der Waals surface area contributed by atoms with Crippen molar-refractivity contribution >= 4 is 5.91 Å². The van der Waals surface area contributed by atoms with E-state index in [4.69, 9.17) is 4.74 Å². The van der Waals surface area contributed by atoms with Gasteiger partial charge in [-0.3, -0.25) is 4.79 Å². The molecule has 2 atom stereocenters. The lowest BCUT2D eigenvalue weighted by atomic mass is 9.88. The summed E-state index contributed by atoms with van der Waals surface area (Å²) < 4.78 is 5.05. The average molecular weight is 214 g/mol. The number of carbonyl (C=O) groups is 1. The minimum Gasteiger partial charge on any atom is -0.383 e. The Hall–Kier alpha value is -0.610. The highest BCUT2D eigenvalue weighted by atomic mass is 16.5. The Bertz CT molecular complexity index is 217. The molecule has 0 aliphatic carbocycles. The van der Waals surface area contributed by atoms with Crippen LogP contribution >= 0.6 is 0 Å². The molecule has 1 fully saturated rings. The number of likely N-dealkylation sites (N-methyl/N-ethyl adjacent to an activating group) is 1. The predicted molar refractivity (Wildman–Crippen MR) is 59.6 cm³/mol. The number of amides is 1. The first kappa shape index (κ1) is 12.5. The van der Waals surface area contributed by atoms with Gasteiger partial charge in [0.05, 0.1) is 12.6 Å². The van der Waals surface area contributed by atoms with E-state index in [1.54, 1.807) is 12.0 Å². The summed E-state index contributed by atoms with van der Waals surface area (Å²) in [7, 11) is 3.52. The number of nitrogens with one attached hydrogen (secondary N) is 1. The Morgan fingerprint density at radius 1 is 1.53 bits per heavy atom. The molecule has 88 valence electrons. The van der Waals surface area contributed by atoms with Crippen LogP contribution in [0.5, 0.6) is 0 Å². The molecule has 4 nitrogen and oxygen atoms in total. The summed E-state index contributed by atoms with van der Waals surface area (Å²) in [5.74, 6) is 0.858. The van der Waals surface area contributed by atoms with Gasteiger partial charge >= 0.3 is 0 Å². The van der Waals surface area contributed by atoms with E-state index in [1.807, 2.05) is 20.9 Å². The van der Waals surface area contributed by atoms with Gasteiger partial charge in [0.25, 0.3) is 0 Å². The molecule has 0 aromatic heterocycles. The van der Waals surface area contributed by atoms with Gasteiger partial charge in [-0.2, -0.15) is 0 Å². The second-order valence-electron chi connectivity index (χ2n) is 4.46. The van der Waals surface area contributed by atoms with E-state index in [2.05, 4.69) is 5.32 Å². The summed E-state index contributed by atoms with van der Waals surface area (Å²) in [6, 6.07) is 0.151. The minimum atomic E-state index is 0.121. The Balaban J connectivity index is 2.43. The van der Waals surface area contributed by atoms with Gasteiger partial charge in [0.1, 0.15) is 0 Å². The van der Waals surface area contributed by atoms with E-state index in [0.717, 1.165) is 13.1 Å². The zero-order chi connectivity index (χ0) is 11.4. The lowest BCUT2D eigenvalue weighted by Crippen LogP contribution is -2.51. The van der Waals surface area contributed by atoms with Crippen molar-refractivity contribution in [2.24, 2.45) is 11.8 Å².